The van der Waals surface area contributed by atoms with E-state index in [1.165, 1.54) is 0 Å². The van der Waals surface area contributed by atoms with Gasteiger partial charge >= 0.3 is 0 Å². The summed E-state index contributed by atoms with van der Waals surface area (Å²) in [7, 11) is 0. The van der Waals surface area contributed by atoms with Gasteiger partial charge in [-0.05, 0) is 31.6 Å². The fourth-order valence-electron chi connectivity index (χ4n) is 1.99. The molecule has 1 atom stereocenters. The van der Waals surface area contributed by atoms with E-state index in [0.29, 0.717) is 12.5 Å². The number of aliphatic hydroxyl groups excluding tert-OH is 1. The molecule has 0 aromatic rings. The average molecular weight is 229 g/mol. The molecule has 0 aliphatic heterocycles. The Balaban J connectivity index is 3.93. The van der Waals surface area contributed by atoms with Gasteiger partial charge in [-0.3, -0.25) is 4.79 Å². The van der Waals surface area contributed by atoms with E-state index in [4.69, 9.17) is 5.11 Å². The maximum absolute atomic E-state index is 11.7. The fraction of sp³-hybridized carbons (Fsp3) is 0.923. The molecule has 2 N–H and O–H groups in total. The van der Waals surface area contributed by atoms with E-state index in [2.05, 4.69) is 12.2 Å². The van der Waals surface area contributed by atoms with Crippen molar-refractivity contribution >= 4 is 5.91 Å². The number of carbonyl (C=O) groups excluding carboxylic acids is 1. The van der Waals surface area contributed by atoms with Crippen molar-refractivity contribution in [2.24, 2.45) is 11.8 Å². The predicted octanol–water partition coefficient (Wildman–Crippen LogP) is 2.34. The van der Waals surface area contributed by atoms with Gasteiger partial charge in [0.25, 0.3) is 0 Å². The van der Waals surface area contributed by atoms with Crippen LogP contribution in [0.1, 0.15) is 52.9 Å². The van der Waals surface area contributed by atoms with Gasteiger partial charge in [-0.15, -0.1) is 0 Å². The van der Waals surface area contributed by atoms with Gasteiger partial charge in [-0.2, -0.15) is 0 Å². The van der Waals surface area contributed by atoms with Crippen LogP contribution in [0.5, 0.6) is 0 Å². The van der Waals surface area contributed by atoms with Gasteiger partial charge < -0.3 is 10.4 Å². The molecule has 1 unspecified atom stereocenters. The van der Waals surface area contributed by atoms with Gasteiger partial charge in [0, 0.05) is 19.1 Å². The van der Waals surface area contributed by atoms with Crippen LogP contribution in [0.3, 0.4) is 0 Å². The lowest BCUT2D eigenvalue weighted by molar-refractivity contribution is -0.125. The first-order valence-corrected chi connectivity index (χ1v) is 6.58. The van der Waals surface area contributed by atoms with Crippen LogP contribution in [0.2, 0.25) is 0 Å². The summed E-state index contributed by atoms with van der Waals surface area (Å²) in [6.07, 6.45) is 4.77. The largest absolute Gasteiger partial charge is 0.396 e. The number of amides is 1. The molecule has 0 spiro atoms. The molecule has 0 rings (SSSR count). The zero-order chi connectivity index (χ0) is 12.4. The molecule has 0 heterocycles. The van der Waals surface area contributed by atoms with Crippen molar-refractivity contribution in [2.45, 2.75) is 52.9 Å². The Labute approximate surface area is 99.6 Å². The highest BCUT2D eigenvalue weighted by atomic mass is 16.3. The third-order valence-electron chi connectivity index (χ3n) is 3.16. The van der Waals surface area contributed by atoms with E-state index in [9.17, 15) is 4.79 Å². The first-order valence-electron chi connectivity index (χ1n) is 6.58. The van der Waals surface area contributed by atoms with E-state index >= 15 is 0 Å². The number of aliphatic hydroxyl groups is 1. The molecule has 1 amide bonds. The lowest BCUT2D eigenvalue weighted by atomic mass is 9.98. The molecule has 0 aliphatic rings. The topological polar surface area (TPSA) is 49.3 Å². The maximum Gasteiger partial charge on any atom is 0.223 e. The molecule has 0 saturated heterocycles. The summed E-state index contributed by atoms with van der Waals surface area (Å²) in [5.41, 5.74) is 0. The van der Waals surface area contributed by atoms with Crippen LogP contribution in [-0.4, -0.2) is 24.2 Å². The molecule has 0 saturated carbocycles. The summed E-state index contributed by atoms with van der Waals surface area (Å²) in [5.74, 6) is 0.744. The standard InChI is InChI=1S/C13H27NO2/c1-4-7-11(8-9-15)10-14-13(16)12(5-2)6-3/h11-12,15H,4-10H2,1-3H3,(H,14,16). The van der Waals surface area contributed by atoms with Gasteiger partial charge in [0.15, 0.2) is 0 Å². The molecule has 96 valence electrons. The van der Waals surface area contributed by atoms with E-state index in [-0.39, 0.29) is 18.4 Å². The fourth-order valence-corrected chi connectivity index (χ4v) is 1.99. The van der Waals surface area contributed by atoms with Crippen LogP contribution in [-0.2, 0) is 4.79 Å². The van der Waals surface area contributed by atoms with Crippen LogP contribution in [0, 0.1) is 11.8 Å². The number of carbonyl (C=O) groups is 1. The highest BCUT2D eigenvalue weighted by Crippen LogP contribution is 2.11. The third-order valence-corrected chi connectivity index (χ3v) is 3.16. The molecule has 16 heavy (non-hydrogen) atoms. The smallest absolute Gasteiger partial charge is 0.223 e. The van der Waals surface area contributed by atoms with Crippen LogP contribution < -0.4 is 5.32 Å². The lowest BCUT2D eigenvalue weighted by Crippen LogP contribution is -2.34. The minimum absolute atomic E-state index is 0.149. The second kappa shape index (κ2) is 9.64. The van der Waals surface area contributed by atoms with Crippen LogP contribution >= 0.6 is 0 Å². The third kappa shape index (κ3) is 6.11. The minimum atomic E-state index is 0.149. The summed E-state index contributed by atoms with van der Waals surface area (Å²) in [6, 6.07) is 0. The highest BCUT2D eigenvalue weighted by Gasteiger charge is 2.15. The highest BCUT2D eigenvalue weighted by molar-refractivity contribution is 5.78. The molecular formula is C13H27NO2. The minimum Gasteiger partial charge on any atom is -0.396 e. The number of hydrogen-bond donors (Lipinski definition) is 2. The first kappa shape index (κ1) is 15.4. The molecule has 0 bridgehead atoms. The zero-order valence-electron chi connectivity index (χ0n) is 11.0. The first-order chi connectivity index (χ1) is 7.69. The summed E-state index contributed by atoms with van der Waals surface area (Å²) in [6.45, 7) is 7.15. The maximum atomic E-state index is 11.7. The second-order valence-electron chi connectivity index (χ2n) is 4.43. The Kier molecular flexibility index (Phi) is 9.30. The van der Waals surface area contributed by atoms with Crippen LogP contribution in [0.4, 0.5) is 0 Å². The van der Waals surface area contributed by atoms with Crippen molar-refractivity contribution in [1.29, 1.82) is 0 Å². The Morgan fingerprint density at radius 3 is 2.25 bits per heavy atom. The Morgan fingerprint density at radius 2 is 1.81 bits per heavy atom. The van der Waals surface area contributed by atoms with Crippen molar-refractivity contribution in [1.82, 2.24) is 5.32 Å². The monoisotopic (exact) mass is 229 g/mol. The van der Waals surface area contributed by atoms with E-state index in [0.717, 1.165) is 32.1 Å². The second-order valence-corrected chi connectivity index (χ2v) is 4.43. The summed E-state index contributed by atoms with van der Waals surface area (Å²) < 4.78 is 0. The van der Waals surface area contributed by atoms with Crippen molar-refractivity contribution in [2.75, 3.05) is 13.2 Å². The molecule has 0 aliphatic carbocycles. The summed E-state index contributed by atoms with van der Waals surface area (Å²) >= 11 is 0. The van der Waals surface area contributed by atoms with E-state index in [1.807, 2.05) is 13.8 Å². The average Bonchev–Trinajstić information content (AvgIpc) is 2.28. The van der Waals surface area contributed by atoms with Gasteiger partial charge in [-0.1, -0.05) is 27.2 Å². The zero-order valence-corrected chi connectivity index (χ0v) is 11.0. The van der Waals surface area contributed by atoms with Crippen molar-refractivity contribution < 1.29 is 9.90 Å². The van der Waals surface area contributed by atoms with Gasteiger partial charge in [-0.25, -0.2) is 0 Å². The van der Waals surface area contributed by atoms with E-state index in [1.54, 1.807) is 0 Å². The van der Waals surface area contributed by atoms with Gasteiger partial charge in [0.05, 0.1) is 0 Å². The SMILES string of the molecule is CCCC(CCO)CNC(=O)C(CC)CC. The van der Waals surface area contributed by atoms with Crippen LogP contribution in [0.15, 0.2) is 0 Å². The summed E-state index contributed by atoms with van der Waals surface area (Å²) in [5, 5.41) is 11.9. The quantitative estimate of drug-likeness (QED) is 0.637. The van der Waals surface area contributed by atoms with Crippen molar-refractivity contribution in [3.05, 3.63) is 0 Å². The number of rotatable bonds is 9. The number of hydrogen-bond acceptors (Lipinski definition) is 2. The molecule has 3 heteroatoms. The molecule has 0 fully saturated rings. The summed E-state index contributed by atoms with van der Waals surface area (Å²) in [4.78, 5) is 11.7. The molecular weight excluding hydrogens is 202 g/mol. The lowest BCUT2D eigenvalue weighted by Gasteiger charge is -2.18. The van der Waals surface area contributed by atoms with Gasteiger partial charge in [0.1, 0.15) is 0 Å². The Bertz CT molecular complexity index is 173. The van der Waals surface area contributed by atoms with Crippen LogP contribution in [0.25, 0.3) is 0 Å². The molecule has 0 radical (unpaired) electrons. The van der Waals surface area contributed by atoms with Gasteiger partial charge in [0.2, 0.25) is 5.91 Å². The van der Waals surface area contributed by atoms with Crippen molar-refractivity contribution in [3.63, 3.8) is 0 Å². The Hall–Kier alpha value is -0.570. The molecule has 0 aromatic heterocycles. The molecule has 0 aromatic carbocycles. The number of nitrogens with one attached hydrogen (secondary N) is 1. The molecule has 3 nitrogen and oxygen atoms in total. The predicted molar refractivity (Wildman–Crippen MR) is 67.2 cm³/mol. The van der Waals surface area contributed by atoms with Crippen molar-refractivity contribution in [3.8, 4) is 0 Å². The van der Waals surface area contributed by atoms with E-state index < -0.39 is 0 Å². The Morgan fingerprint density at radius 1 is 1.19 bits per heavy atom. The normalized spacial score (nSPS) is 12.8.